The van der Waals surface area contributed by atoms with E-state index in [4.69, 9.17) is 8.83 Å². The molecule has 0 unspecified atom stereocenters. The molecule has 1 aliphatic rings. The number of nitrogens with one attached hydrogen (secondary N) is 1. The molecule has 1 aliphatic heterocycles. The van der Waals surface area contributed by atoms with Crippen LogP contribution in [0.4, 0.5) is 0 Å². The standard InChI is InChI=1S/C15H18N2O3/c18-15(7-12-8-16-9-12)17(10-13-3-1-5-19-13)11-14-4-2-6-20-14/h1-6,12,16H,7-11H2. The predicted octanol–water partition coefficient (Wildman–Crippen LogP) is 2.01. The first-order valence-corrected chi connectivity index (χ1v) is 6.84. The van der Waals surface area contributed by atoms with Gasteiger partial charge in [0.2, 0.25) is 5.91 Å². The van der Waals surface area contributed by atoms with E-state index in [2.05, 4.69) is 5.32 Å². The molecule has 0 saturated carbocycles. The Bertz CT molecular complexity index is 493. The summed E-state index contributed by atoms with van der Waals surface area (Å²) in [5.74, 6) is 2.18. The minimum atomic E-state index is 0.143. The van der Waals surface area contributed by atoms with E-state index >= 15 is 0 Å². The monoisotopic (exact) mass is 274 g/mol. The Kier molecular flexibility index (Phi) is 3.87. The van der Waals surface area contributed by atoms with Crippen molar-refractivity contribution in [2.24, 2.45) is 5.92 Å². The highest BCUT2D eigenvalue weighted by Crippen LogP contribution is 2.16. The summed E-state index contributed by atoms with van der Waals surface area (Å²) in [4.78, 5) is 14.2. The molecule has 5 nitrogen and oxygen atoms in total. The zero-order valence-corrected chi connectivity index (χ0v) is 11.2. The Morgan fingerprint density at radius 2 is 1.75 bits per heavy atom. The number of hydrogen-bond donors (Lipinski definition) is 1. The third-order valence-electron chi connectivity index (χ3n) is 3.54. The van der Waals surface area contributed by atoms with Crippen molar-refractivity contribution in [2.75, 3.05) is 13.1 Å². The summed E-state index contributed by atoms with van der Waals surface area (Å²) in [5, 5.41) is 3.19. The van der Waals surface area contributed by atoms with Crippen molar-refractivity contribution < 1.29 is 13.6 Å². The highest BCUT2D eigenvalue weighted by molar-refractivity contribution is 5.76. The van der Waals surface area contributed by atoms with Gasteiger partial charge in [-0.05, 0) is 43.3 Å². The molecule has 2 aromatic heterocycles. The molecule has 0 aliphatic carbocycles. The van der Waals surface area contributed by atoms with Gasteiger partial charge in [0, 0.05) is 6.42 Å². The Labute approximate surface area is 117 Å². The van der Waals surface area contributed by atoms with Crippen molar-refractivity contribution >= 4 is 5.91 Å². The van der Waals surface area contributed by atoms with E-state index in [9.17, 15) is 4.79 Å². The van der Waals surface area contributed by atoms with Crippen LogP contribution in [0, 0.1) is 5.92 Å². The molecular formula is C15H18N2O3. The first kappa shape index (κ1) is 13.0. The molecule has 0 aromatic carbocycles. The van der Waals surface area contributed by atoms with E-state index in [1.807, 2.05) is 24.3 Å². The minimum absolute atomic E-state index is 0.143. The second kappa shape index (κ2) is 5.96. The summed E-state index contributed by atoms with van der Waals surface area (Å²) >= 11 is 0. The fourth-order valence-electron chi connectivity index (χ4n) is 2.28. The Morgan fingerprint density at radius 1 is 1.15 bits per heavy atom. The van der Waals surface area contributed by atoms with Crippen LogP contribution >= 0.6 is 0 Å². The number of amides is 1. The van der Waals surface area contributed by atoms with Crippen molar-refractivity contribution in [1.29, 1.82) is 0 Å². The van der Waals surface area contributed by atoms with E-state index in [-0.39, 0.29) is 5.91 Å². The van der Waals surface area contributed by atoms with Gasteiger partial charge in [0.25, 0.3) is 0 Å². The summed E-state index contributed by atoms with van der Waals surface area (Å²) in [6, 6.07) is 7.43. The molecule has 20 heavy (non-hydrogen) atoms. The SMILES string of the molecule is O=C(CC1CNC1)N(Cc1ccco1)Cc1ccco1. The van der Waals surface area contributed by atoms with Gasteiger partial charge < -0.3 is 19.1 Å². The van der Waals surface area contributed by atoms with Gasteiger partial charge in [-0.2, -0.15) is 0 Å². The van der Waals surface area contributed by atoms with Gasteiger partial charge in [-0.15, -0.1) is 0 Å². The van der Waals surface area contributed by atoms with Crippen LogP contribution in [0.5, 0.6) is 0 Å². The van der Waals surface area contributed by atoms with Gasteiger partial charge in [-0.3, -0.25) is 4.79 Å². The van der Waals surface area contributed by atoms with Crippen molar-refractivity contribution in [3.8, 4) is 0 Å². The predicted molar refractivity (Wildman–Crippen MR) is 72.6 cm³/mol. The highest BCUT2D eigenvalue weighted by atomic mass is 16.3. The zero-order valence-electron chi connectivity index (χ0n) is 11.2. The van der Waals surface area contributed by atoms with E-state index < -0.39 is 0 Å². The van der Waals surface area contributed by atoms with Crippen molar-refractivity contribution in [3.63, 3.8) is 0 Å². The normalized spacial score (nSPS) is 15.0. The van der Waals surface area contributed by atoms with Gasteiger partial charge in [0.15, 0.2) is 0 Å². The number of rotatable bonds is 6. The quantitative estimate of drug-likeness (QED) is 0.875. The fourth-order valence-corrected chi connectivity index (χ4v) is 2.28. The number of hydrogen-bond acceptors (Lipinski definition) is 4. The van der Waals surface area contributed by atoms with E-state index in [1.54, 1.807) is 17.4 Å². The molecule has 3 rings (SSSR count). The maximum atomic E-state index is 12.4. The topological polar surface area (TPSA) is 58.6 Å². The van der Waals surface area contributed by atoms with E-state index in [0.29, 0.717) is 25.4 Å². The Balaban J connectivity index is 1.66. The van der Waals surface area contributed by atoms with Gasteiger partial charge in [-0.1, -0.05) is 0 Å². The average molecular weight is 274 g/mol. The molecule has 3 heterocycles. The lowest BCUT2D eigenvalue weighted by molar-refractivity contribution is -0.134. The van der Waals surface area contributed by atoms with Crippen LogP contribution in [-0.2, 0) is 17.9 Å². The van der Waals surface area contributed by atoms with Crippen LogP contribution in [0.15, 0.2) is 45.6 Å². The van der Waals surface area contributed by atoms with Gasteiger partial charge in [0.1, 0.15) is 11.5 Å². The lowest BCUT2D eigenvalue weighted by atomic mass is 9.98. The van der Waals surface area contributed by atoms with Crippen LogP contribution in [0.1, 0.15) is 17.9 Å². The molecule has 1 saturated heterocycles. The Hall–Kier alpha value is -2.01. The smallest absolute Gasteiger partial charge is 0.223 e. The molecule has 1 amide bonds. The number of carbonyl (C=O) groups excluding carboxylic acids is 1. The maximum absolute atomic E-state index is 12.4. The van der Waals surface area contributed by atoms with E-state index in [0.717, 1.165) is 24.6 Å². The largest absolute Gasteiger partial charge is 0.467 e. The zero-order chi connectivity index (χ0) is 13.8. The minimum Gasteiger partial charge on any atom is -0.467 e. The first-order chi connectivity index (χ1) is 9.81. The number of carbonyl (C=O) groups is 1. The third kappa shape index (κ3) is 3.11. The molecule has 2 aromatic rings. The number of furan rings is 2. The molecule has 0 radical (unpaired) electrons. The van der Waals surface area contributed by atoms with Crippen molar-refractivity contribution in [3.05, 3.63) is 48.3 Å². The van der Waals surface area contributed by atoms with Crippen LogP contribution < -0.4 is 5.32 Å². The van der Waals surface area contributed by atoms with Crippen molar-refractivity contribution in [1.82, 2.24) is 10.2 Å². The van der Waals surface area contributed by atoms with Gasteiger partial charge in [-0.25, -0.2) is 0 Å². The van der Waals surface area contributed by atoms with E-state index in [1.165, 1.54) is 0 Å². The van der Waals surface area contributed by atoms with Crippen molar-refractivity contribution in [2.45, 2.75) is 19.5 Å². The molecule has 0 spiro atoms. The molecule has 0 bridgehead atoms. The molecule has 106 valence electrons. The summed E-state index contributed by atoms with van der Waals surface area (Å²) in [6.07, 6.45) is 3.83. The summed E-state index contributed by atoms with van der Waals surface area (Å²) in [7, 11) is 0. The Morgan fingerprint density at radius 3 is 2.15 bits per heavy atom. The molecule has 5 heteroatoms. The average Bonchev–Trinajstić information content (AvgIpc) is 3.06. The maximum Gasteiger partial charge on any atom is 0.223 e. The summed E-state index contributed by atoms with van der Waals surface area (Å²) in [5.41, 5.74) is 0. The summed E-state index contributed by atoms with van der Waals surface area (Å²) < 4.78 is 10.7. The lowest BCUT2D eigenvalue weighted by Gasteiger charge is -2.29. The van der Waals surface area contributed by atoms with Gasteiger partial charge in [0.05, 0.1) is 25.6 Å². The van der Waals surface area contributed by atoms with Gasteiger partial charge >= 0.3 is 0 Å². The molecule has 1 N–H and O–H groups in total. The molecule has 1 fully saturated rings. The first-order valence-electron chi connectivity index (χ1n) is 6.84. The fraction of sp³-hybridized carbons (Fsp3) is 0.400. The number of nitrogens with zero attached hydrogens (tertiary/aromatic N) is 1. The third-order valence-corrected chi connectivity index (χ3v) is 3.54. The second-order valence-corrected chi connectivity index (χ2v) is 5.14. The van der Waals surface area contributed by atoms with Crippen LogP contribution in [-0.4, -0.2) is 23.9 Å². The summed E-state index contributed by atoms with van der Waals surface area (Å²) in [6.45, 7) is 2.82. The second-order valence-electron chi connectivity index (χ2n) is 5.14. The van der Waals surface area contributed by atoms with Crippen LogP contribution in [0.2, 0.25) is 0 Å². The lowest BCUT2D eigenvalue weighted by Crippen LogP contribution is -2.45. The highest BCUT2D eigenvalue weighted by Gasteiger charge is 2.24. The molecule has 0 atom stereocenters. The van der Waals surface area contributed by atoms with Crippen LogP contribution in [0.25, 0.3) is 0 Å². The molecular weight excluding hydrogens is 256 g/mol. The van der Waals surface area contributed by atoms with Crippen LogP contribution in [0.3, 0.4) is 0 Å².